The molecule has 0 bridgehead atoms. The zero-order valence-electron chi connectivity index (χ0n) is 15.0. The maximum Gasteiger partial charge on any atom is 0.208 e. The van der Waals surface area contributed by atoms with Crippen molar-refractivity contribution in [1.82, 2.24) is 15.1 Å². The largest absolute Gasteiger partial charge is 0.508 e. The summed E-state index contributed by atoms with van der Waals surface area (Å²) in [6.45, 7) is 4.65. The third-order valence-corrected chi connectivity index (χ3v) is 7.52. The third kappa shape index (κ3) is 2.89. The Labute approximate surface area is 158 Å². The Morgan fingerprint density at radius 1 is 1.12 bits per heavy atom. The SMILES string of the molecule is Oc1ccccc1C1CCN([C@@H]2CCC3(C2)CN(c2nncs2)C3)CC1. The van der Waals surface area contributed by atoms with Crippen molar-refractivity contribution in [2.24, 2.45) is 5.41 Å². The predicted octanol–water partition coefficient (Wildman–Crippen LogP) is 3.48. The van der Waals surface area contributed by atoms with Gasteiger partial charge in [-0.15, -0.1) is 10.2 Å². The summed E-state index contributed by atoms with van der Waals surface area (Å²) >= 11 is 1.65. The molecular formula is C20H26N4OS. The fraction of sp³-hybridized carbons (Fsp3) is 0.600. The summed E-state index contributed by atoms with van der Waals surface area (Å²) in [6.07, 6.45) is 6.36. The first kappa shape index (κ1) is 16.5. The molecule has 2 aliphatic heterocycles. The van der Waals surface area contributed by atoms with Gasteiger partial charge in [0, 0.05) is 24.5 Å². The molecule has 3 fully saturated rings. The Hall–Kier alpha value is -1.66. The number of nitrogens with zero attached hydrogens (tertiary/aromatic N) is 4. The summed E-state index contributed by atoms with van der Waals surface area (Å²) in [5.41, 5.74) is 3.49. The molecule has 1 aromatic carbocycles. The summed E-state index contributed by atoms with van der Waals surface area (Å²) in [5.74, 6) is 0.983. The van der Waals surface area contributed by atoms with E-state index in [1.54, 1.807) is 11.3 Å². The van der Waals surface area contributed by atoms with Crippen molar-refractivity contribution in [3.05, 3.63) is 35.3 Å². The molecular weight excluding hydrogens is 344 g/mol. The third-order valence-electron chi connectivity index (χ3n) is 6.77. The van der Waals surface area contributed by atoms with Gasteiger partial charge in [0.15, 0.2) is 0 Å². The van der Waals surface area contributed by atoms with Gasteiger partial charge in [-0.1, -0.05) is 29.5 Å². The van der Waals surface area contributed by atoms with E-state index < -0.39 is 0 Å². The number of phenols is 1. The molecule has 5 nitrogen and oxygen atoms in total. The zero-order valence-corrected chi connectivity index (χ0v) is 15.9. The Kier molecular flexibility index (Phi) is 4.13. The lowest BCUT2D eigenvalue weighted by Crippen LogP contribution is -2.56. The molecule has 26 heavy (non-hydrogen) atoms. The molecule has 3 heterocycles. The van der Waals surface area contributed by atoms with Gasteiger partial charge >= 0.3 is 0 Å². The molecule has 1 N–H and O–H groups in total. The van der Waals surface area contributed by atoms with E-state index in [0.717, 1.165) is 42.7 Å². The number of phenolic OH excluding ortho intramolecular Hbond substituents is 1. The van der Waals surface area contributed by atoms with Crippen molar-refractivity contribution in [3.8, 4) is 5.75 Å². The number of piperidine rings is 1. The first-order chi connectivity index (χ1) is 12.7. The summed E-state index contributed by atoms with van der Waals surface area (Å²) in [4.78, 5) is 5.11. The number of benzene rings is 1. The predicted molar refractivity (Wildman–Crippen MR) is 104 cm³/mol. The van der Waals surface area contributed by atoms with E-state index in [9.17, 15) is 5.11 Å². The van der Waals surface area contributed by atoms with Gasteiger partial charge in [0.05, 0.1) is 0 Å². The molecule has 2 aromatic rings. The number of para-hydroxylation sites is 1. The molecule has 5 rings (SSSR count). The lowest BCUT2D eigenvalue weighted by Gasteiger charge is -2.48. The molecule has 1 saturated carbocycles. The van der Waals surface area contributed by atoms with Gasteiger partial charge in [-0.25, -0.2) is 0 Å². The number of anilines is 1. The molecule has 0 amide bonds. The van der Waals surface area contributed by atoms with Crippen molar-refractivity contribution >= 4 is 16.5 Å². The zero-order chi connectivity index (χ0) is 17.6. The highest BCUT2D eigenvalue weighted by molar-refractivity contribution is 7.13. The fourth-order valence-electron chi connectivity index (χ4n) is 5.39. The Morgan fingerprint density at radius 3 is 2.65 bits per heavy atom. The van der Waals surface area contributed by atoms with E-state index in [-0.39, 0.29) is 0 Å². The normalized spacial score (nSPS) is 26.3. The molecule has 0 unspecified atom stereocenters. The van der Waals surface area contributed by atoms with Gasteiger partial charge in [-0.05, 0) is 62.7 Å². The van der Waals surface area contributed by atoms with Crippen LogP contribution in [-0.2, 0) is 0 Å². The molecule has 1 aromatic heterocycles. The second kappa shape index (κ2) is 6.50. The summed E-state index contributed by atoms with van der Waals surface area (Å²) in [7, 11) is 0. The molecule has 1 aliphatic carbocycles. The second-order valence-corrected chi connectivity index (χ2v) is 9.15. The van der Waals surface area contributed by atoms with Crippen molar-refractivity contribution in [2.45, 2.75) is 44.1 Å². The number of rotatable bonds is 3. The number of aromatic hydroxyl groups is 1. The number of aromatic nitrogens is 2. The van der Waals surface area contributed by atoms with Gasteiger partial charge in [0.2, 0.25) is 5.13 Å². The molecule has 1 atom stereocenters. The van der Waals surface area contributed by atoms with Gasteiger partial charge in [0.1, 0.15) is 11.3 Å². The van der Waals surface area contributed by atoms with E-state index in [2.05, 4.69) is 26.1 Å². The van der Waals surface area contributed by atoms with Crippen LogP contribution in [0.1, 0.15) is 43.6 Å². The number of hydrogen-bond donors (Lipinski definition) is 1. The summed E-state index contributed by atoms with van der Waals surface area (Å²) in [5, 5.41) is 19.4. The highest BCUT2D eigenvalue weighted by atomic mass is 32.1. The number of likely N-dealkylation sites (tertiary alicyclic amines) is 1. The van der Waals surface area contributed by atoms with Crippen LogP contribution in [0.4, 0.5) is 5.13 Å². The topological polar surface area (TPSA) is 52.5 Å². The molecule has 138 valence electrons. The first-order valence-corrected chi connectivity index (χ1v) is 10.6. The average Bonchev–Trinajstić information content (AvgIpc) is 3.31. The van der Waals surface area contributed by atoms with Gasteiger partial charge in [-0.2, -0.15) is 0 Å². The van der Waals surface area contributed by atoms with Crippen LogP contribution in [0.5, 0.6) is 5.75 Å². The van der Waals surface area contributed by atoms with Crippen molar-refractivity contribution < 1.29 is 5.11 Å². The standard InChI is InChI=1S/C20H26N4OS/c25-18-4-2-1-3-17(18)15-6-9-23(10-7-15)16-5-8-20(11-16)12-24(13-20)19-22-21-14-26-19/h1-4,14-16,25H,5-13H2/t16-/m1/s1. The Morgan fingerprint density at radius 2 is 1.92 bits per heavy atom. The van der Waals surface area contributed by atoms with Crippen LogP contribution in [0.15, 0.2) is 29.8 Å². The summed E-state index contributed by atoms with van der Waals surface area (Å²) < 4.78 is 0. The minimum Gasteiger partial charge on any atom is -0.508 e. The van der Waals surface area contributed by atoms with Crippen LogP contribution in [0.25, 0.3) is 0 Å². The minimum atomic E-state index is 0.469. The van der Waals surface area contributed by atoms with Crippen molar-refractivity contribution in [3.63, 3.8) is 0 Å². The molecule has 0 radical (unpaired) electrons. The van der Waals surface area contributed by atoms with Crippen LogP contribution in [0.2, 0.25) is 0 Å². The van der Waals surface area contributed by atoms with Crippen LogP contribution in [0, 0.1) is 5.41 Å². The smallest absolute Gasteiger partial charge is 0.208 e. The monoisotopic (exact) mass is 370 g/mol. The highest BCUT2D eigenvalue weighted by Gasteiger charge is 2.50. The highest BCUT2D eigenvalue weighted by Crippen LogP contribution is 2.49. The van der Waals surface area contributed by atoms with Crippen molar-refractivity contribution in [1.29, 1.82) is 0 Å². The minimum absolute atomic E-state index is 0.469. The van der Waals surface area contributed by atoms with E-state index in [1.807, 2.05) is 23.7 Å². The molecule has 3 aliphatic rings. The van der Waals surface area contributed by atoms with E-state index in [0.29, 0.717) is 17.1 Å². The molecule has 1 spiro atoms. The maximum absolute atomic E-state index is 10.1. The quantitative estimate of drug-likeness (QED) is 0.896. The first-order valence-electron chi connectivity index (χ1n) is 9.76. The molecule has 6 heteroatoms. The maximum atomic E-state index is 10.1. The van der Waals surface area contributed by atoms with E-state index >= 15 is 0 Å². The van der Waals surface area contributed by atoms with Crippen molar-refractivity contribution in [2.75, 3.05) is 31.1 Å². The van der Waals surface area contributed by atoms with Crippen LogP contribution in [0.3, 0.4) is 0 Å². The van der Waals surface area contributed by atoms with Gasteiger partial charge < -0.3 is 14.9 Å². The van der Waals surface area contributed by atoms with Gasteiger partial charge in [0.25, 0.3) is 0 Å². The number of hydrogen-bond acceptors (Lipinski definition) is 6. The van der Waals surface area contributed by atoms with E-state index in [1.165, 1.54) is 32.4 Å². The second-order valence-electron chi connectivity index (χ2n) is 8.34. The lowest BCUT2D eigenvalue weighted by atomic mass is 9.78. The van der Waals surface area contributed by atoms with Crippen LogP contribution in [-0.4, -0.2) is 52.4 Å². The van der Waals surface area contributed by atoms with Gasteiger partial charge in [-0.3, -0.25) is 0 Å². The fourth-order valence-corrected chi connectivity index (χ4v) is 5.95. The van der Waals surface area contributed by atoms with E-state index in [4.69, 9.17) is 0 Å². The Balaban J connectivity index is 1.16. The summed E-state index contributed by atoms with van der Waals surface area (Å²) in [6, 6.07) is 8.62. The van der Waals surface area contributed by atoms with Crippen LogP contribution >= 0.6 is 11.3 Å². The lowest BCUT2D eigenvalue weighted by molar-refractivity contribution is 0.131. The van der Waals surface area contributed by atoms with Crippen LogP contribution < -0.4 is 4.90 Å². The molecule has 2 saturated heterocycles. The average molecular weight is 371 g/mol. The Bertz CT molecular complexity index is 751.